The molecule has 0 spiro atoms. The van der Waals surface area contributed by atoms with E-state index in [2.05, 4.69) is 10.6 Å². The fourth-order valence-electron chi connectivity index (χ4n) is 2.26. The Bertz CT molecular complexity index is 713. The average Bonchev–Trinajstić information content (AvgIpc) is 2.47. The van der Waals surface area contributed by atoms with Gasteiger partial charge in [-0.05, 0) is 29.9 Å². The monoisotopic (exact) mass is 302 g/mol. The zero-order valence-electron chi connectivity index (χ0n) is 10.9. The second kappa shape index (κ2) is 5.61. The molecular formula is C16H12F2N2S. The summed E-state index contributed by atoms with van der Waals surface area (Å²) in [6, 6.07) is 12.7. The van der Waals surface area contributed by atoms with Gasteiger partial charge in [-0.2, -0.15) is 0 Å². The van der Waals surface area contributed by atoms with Gasteiger partial charge in [0.2, 0.25) is 0 Å². The summed E-state index contributed by atoms with van der Waals surface area (Å²) in [5, 5.41) is 6.43. The van der Waals surface area contributed by atoms with Crippen molar-refractivity contribution in [1.29, 1.82) is 0 Å². The molecule has 2 aromatic carbocycles. The van der Waals surface area contributed by atoms with Gasteiger partial charge in [0, 0.05) is 17.3 Å². The molecular weight excluding hydrogens is 290 g/mol. The van der Waals surface area contributed by atoms with Crippen molar-refractivity contribution in [3.63, 3.8) is 0 Å². The predicted octanol–water partition coefficient (Wildman–Crippen LogP) is 3.52. The molecule has 0 radical (unpaired) electrons. The van der Waals surface area contributed by atoms with Gasteiger partial charge in [-0.25, -0.2) is 8.78 Å². The highest BCUT2D eigenvalue weighted by molar-refractivity contribution is 7.80. The summed E-state index contributed by atoms with van der Waals surface area (Å²) in [5.41, 5.74) is 2.11. The molecule has 2 nitrogen and oxygen atoms in total. The smallest absolute Gasteiger partial charge is 0.171 e. The van der Waals surface area contributed by atoms with Crippen molar-refractivity contribution in [3.8, 4) is 0 Å². The molecule has 1 aliphatic rings. The molecule has 5 heteroatoms. The van der Waals surface area contributed by atoms with Crippen LogP contribution in [0.5, 0.6) is 0 Å². The second-order valence-corrected chi connectivity index (χ2v) is 5.10. The Morgan fingerprint density at radius 2 is 1.76 bits per heavy atom. The van der Waals surface area contributed by atoms with Crippen molar-refractivity contribution in [2.45, 2.75) is 6.04 Å². The van der Waals surface area contributed by atoms with Crippen LogP contribution in [-0.4, -0.2) is 5.11 Å². The first-order valence-electron chi connectivity index (χ1n) is 6.43. The van der Waals surface area contributed by atoms with E-state index in [9.17, 15) is 8.78 Å². The van der Waals surface area contributed by atoms with Crippen molar-refractivity contribution < 1.29 is 8.78 Å². The number of nitrogens with one attached hydrogen (secondary N) is 2. The SMILES string of the molecule is Fc1ccc(C2C=C(c3ccccc3)NC(=S)N2)c(F)c1. The Kier molecular flexibility index (Phi) is 3.66. The van der Waals surface area contributed by atoms with Crippen molar-refractivity contribution in [2.24, 2.45) is 0 Å². The van der Waals surface area contributed by atoms with Crippen molar-refractivity contribution in [3.05, 3.63) is 77.4 Å². The molecule has 2 N–H and O–H groups in total. The summed E-state index contributed by atoms with van der Waals surface area (Å²) in [4.78, 5) is 0. The molecule has 0 aliphatic carbocycles. The predicted molar refractivity (Wildman–Crippen MR) is 82.4 cm³/mol. The number of halogens is 2. The number of thiocarbonyl (C=S) groups is 1. The minimum absolute atomic E-state index is 0.355. The summed E-state index contributed by atoms with van der Waals surface area (Å²) < 4.78 is 26.9. The first-order chi connectivity index (χ1) is 10.1. The lowest BCUT2D eigenvalue weighted by molar-refractivity contribution is 0.561. The van der Waals surface area contributed by atoms with Gasteiger partial charge in [-0.3, -0.25) is 0 Å². The minimum atomic E-state index is -0.597. The van der Waals surface area contributed by atoms with Crippen LogP contribution >= 0.6 is 12.2 Å². The van der Waals surface area contributed by atoms with E-state index in [-0.39, 0.29) is 0 Å². The lowest BCUT2D eigenvalue weighted by atomic mass is 10.0. The highest BCUT2D eigenvalue weighted by Crippen LogP contribution is 2.25. The fourth-order valence-corrected chi connectivity index (χ4v) is 2.49. The molecule has 1 heterocycles. The molecule has 2 aromatic rings. The van der Waals surface area contributed by atoms with E-state index in [1.54, 1.807) is 0 Å². The number of hydrogen-bond donors (Lipinski definition) is 2. The molecule has 0 aromatic heterocycles. The number of hydrogen-bond acceptors (Lipinski definition) is 1. The van der Waals surface area contributed by atoms with Gasteiger partial charge < -0.3 is 10.6 Å². The van der Waals surface area contributed by atoms with Crippen LogP contribution < -0.4 is 10.6 Å². The Morgan fingerprint density at radius 1 is 1.00 bits per heavy atom. The Labute approximate surface area is 126 Å². The molecule has 1 unspecified atom stereocenters. The lowest BCUT2D eigenvalue weighted by Crippen LogP contribution is -2.40. The summed E-state index contributed by atoms with van der Waals surface area (Å²) in [7, 11) is 0. The van der Waals surface area contributed by atoms with Crippen LogP contribution in [0.15, 0.2) is 54.6 Å². The van der Waals surface area contributed by atoms with Crippen LogP contribution in [0.4, 0.5) is 8.78 Å². The van der Waals surface area contributed by atoms with Crippen LogP contribution in [0.2, 0.25) is 0 Å². The van der Waals surface area contributed by atoms with Gasteiger partial charge in [-0.15, -0.1) is 0 Å². The third-order valence-electron chi connectivity index (χ3n) is 3.25. The highest BCUT2D eigenvalue weighted by Gasteiger charge is 2.21. The van der Waals surface area contributed by atoms with E-state index < -0.39 is 17.7 Å². The van der Waals surface area contributed by atoms with E-state index in [0.717, 1.165) is 17.3 Å². The molecule has 0 amide bonds. The maximum absolute atomic E-state index is 13.9. The quantitative estimate of drug-likeness (QED) is 0.830. The van der Waals surface area contributed by atoms with Crippen molar-refractivity contribution in [1.82, 2.24) is 10.6 Å². The maximum atomic E-state index is 13.9. The third kappa shape index (κ3) is 2.92. The third-order valence-corrected chi connectivity index (χ3v) is 3.47. The van der Waals surface area contributed by atoms with Crippen molar-refractivity contribution >= 4 is 23.0 Å². The van der Waals surface area contributed by atoms with Gasteiger partial charge >= 0.3 is 0 Å². The Hall–Kier alpha value is -2.27. The molecule has 0 fully saturated rings. The fraction of sp³-hybridized carbons (Fsp3) is 0.0625. The van der Waals surface area contributed by atoms with E-state index in [1.807, 2.05) is 36.4 Å². The van der Waals surface area contributed by atoms with Crippen LogP contribution in [0.25, 0.3) is 5.70 Å². The van der Waals surface area contributed by atoms with Crippen molar-refractivity contribution in [2.75, 3.05) is 0 Å². The van der Waals surface area contributed by atoms with E-state index in [4.69, 9.17) is 12.2 Å². The van der Waals surface area contributed by atoms with Gasteiger partial charge in [0.1, 0.15) is 11.6 Å². The molecule has 1 atom stereocenters. The first kappa shape index (κ1) is 13.7. The summed E-state index contributed by atoms with van der Waals surface area (Å²) >= 11 is 5.17. The lowest BCUT2D eigenvalue weighted by Gasteiger charge is -2.26. The zero-order valence-corrected chi connectivity index (χ0v) is 11.8. The number of rotatable bonds is 2. The topological polar surface area (TPSA) is 24.1 Å². The van der Waals surface area contributed by atoms with E-state index in [1.165, 1.54) is 12.1 Å². The maximum Gasteiger partial charge on any atom is 0.171 e. The van der Waals surface area contributed by atoms with Gasteiger partial charge in [0.25, 0.3) is 0 Å². The Morgan fingerprint density at radius 3 is 2.48 bits per heavy atom. The molecule has 0 saturated heterocycles. The molecule has 0 saturated carbocycles. The largest absolute Gasteiger partial charge is 0.352 e. The molecule has 21 heavy (non-hydrogen) atoms. The Balaban J connectivity index is 2.00. The average molecular weight is 302 g/mol. The highest BCUT2D eigenvalue weighted by atomic mass is 32.1. The summed E-state index contributed by atoms with van der Waals surface area (Å²) in [6.07, 6.45) is 1.83. The van der Waals surface area contributed by atoms with Crippen LogP contribution in [0.1, 0.15) is 17.2 Å². The molecule has 0 bridgehead atoms. The standard InChI is InChI=1S/C16H12F2N2S/c17-11-6-7-12(13(18)8-11)15-9-14(19-16(21)20-15)10-4-2-1-3-5-10/h1-9,15H,(H2,19,20,21). The second-order valence-electron chi connectivity index (χ2n) is 4.69. The summed E-state index contributed by atoms with van der Waals surface area (Å²) in [6.45, 7) is 0. The minimum Gasteiger partial charge on any atom is -0.352 e. The summed E-state index contributed by atoms with van der Waals surface area (Å²) in [5.74, 6) is -1.19. The first-order valence-corrected chi connectivity index (χ1v) is 6.84. The molecule has 3 rings (SSSR count). The van der Waals surface area contributed by atoms with Gasteiger partial charge in [-0.1, -0.05) is 36.4 Å². The van der Waals surface area contributed by atoms with Crippen LogP contribution in [0.3, 0.4) is 0 Å². The normalized spacial score (nSPS) is 17.7. The molecule has 106 valence electrons. The number of benzene rings is 2. The van der Waals surface area contributed by atoms with Crippen LogP contribution in [-0.2, 0) is 0 Å². The van der Waals surface area contributed by atoms with Gasteiger partial charge in [0.05, 0.1) is 6.04 Å². The van der Waals surface area contributed by atoms with Crippen LogP contribution in [0, 0.1) is 11.6 Å². The van der Waals surface area contributed by atoms with E-state index in [0.29, 0.717) is 10.7 Å². The molecule has 1 aliphatic heterocycles. The van der Waals surface area contributed by atoms with Gasteiger partial charge in [0.15, 0.2) is 5.11 Å². The van der Waals surface area contributed by atoms with E-state index >= 15 is 0 Å². The zero-order chi connectivity index (χ0) is 14.8.